The van der Waals surface area contributed by atoms with E-state index in [1.165, 1.54) is 0 Å². The molecule has 5 nitrogen and oxygen atoms in total. The zero-order valence-corrected chi connectivity index (χ0v) is 15.0. The highest BCUT2D eigenvalue weighted by Crippen LogP contribution is 2.33. The van der Waals surface area contributed by atoms with Gasteiger partial charge in [-0.05, 0) is 36.6 Å². The topological polar surface area (TPSA) is 51.9 Å². The van der Waals surface area contributed by atoms with Crippen LogP contribution >= 0.6 is 0 Å². The van der Waals surface area contributed by atoms with Gasteiger partial charge in [-0.25, -0.2) is 4.79 Å². The third-order valence-electron chi connectivity index (χ3n) is 5.32. The Morgan fingerprint density at radius 2 is 2.00 bits per heavy atom. The van der Waals surface area contributed by atoms with Crippen molar-refractivity contribution in [2.75, 3.05) is 19.9 Å². The van der Waals surface area contributed by atoms with Crippen LogP contribution in [-0.4, -0.2) is 30.9 Å². The van der Waals surface area contributed by atoms with E-state index in [2.05, 4.69) is 4.90 Å². The minimum Gasteiger partial charge on any atom is -0.478 e. The number of hydrogen-bond donors (Lipinski definition) is 0. The quantitative estimate of drug-likeness (QED) is 0.663. The number of rotatable bonds is 3. The van der Waals surface area contributed by atoms with Gasteiger partial charge in [-0.1, -0.05) is 30.3 Å². The van der Waals surface area contributed by atoms with Gasteiger partial charge in [0.25, 0.3) is 0 Å². The number of ether oxygens (including phenoxy) is 2. The number of nitrogens with zero attached hydrogens (tertiary/aromatic N) is 1. The summed E-state index contributed by atoms with van der Waals surface area (Å²) in [6.07, 6.45) is 2.48. The van der Waals surface area contributed by atoms with Crippen molar-refractivity contribution >= 4 is 11.0 Å². The molecule has 0 aliphatic carbocycles. The van der Waals surface area contributed by atoms with Crippen LogP contribution in [0.25, 0.3) is 22.1 Å². The van der Waals surface area contributed by atoms with Gasteiger partial charge >= 0.3 is 5.63 Å². The van der Waals surface area contributed by atoms with Crippen molar-refractivity contribution in [2.45, 2.75) is 25.5 Å². The third-order valence-corrected chi connectivity index (χ3v) is 5.32. The first-order valence-corrected chi connectivity index (χ1v) is 9.40. The monoisotopic (exact) mass is 363 g/mol. The van der Waals surface area contributed by atoms with E-state index in [0.29, 0.717) is 24.4 Å². The first kappa shape index (κ1) is 16.5. The normalized spacial score (nSPS) is 19.8. The van der Waals surface area contributed by atoms with Gasteiger partial charge in [0.2, 0.25) is 0 Å². The third kappa shape index (κ3) is 3.13. The second kappa shape index (κ2) is 6.83. The summed E-state index contributed by atoms with van der Waals surface area (Å²) >= 11 is 0. The van der Waals surface area contributed by atoms with Gasteiger partial charge in [-0.3, -0.25) is 4.90 Å². The molecule has 1 unspecified atom stereocenters. The van der Waals surface area contributed by atoms with Crippen LogP contribution in [0.1, 0.15) is 18.4 Å². The molecule has 3 heterocycles. The van der Waals surface area contributed by atoms with Crippen molar-refractivity contribution in [1.29, 1.82) is 0 Å². The fourth-order valence-corrected chi connectivity index (χ4v) is 3.95. The molecule has 5 heteroatoms. The van der Waals surface area contributed by atoms with Crippen LogP contribution in [0, 0.1) is 0 Å². The zero-order valence-electron chi connectivity index (χ0n) is 15.0. The molecule has 0 amide bonds. The lowest BCUT2D eigenvalue weighted by Crippen LogP contribution is -2.37. The summed E-state index contributed by atoms with van der Waals surface area (Å²) in [7, 11) is 0. The van der Waals surface area contributed by atoms with Gasteiger partial charge in [-0.15, -0.1) is 0 Å². The number of hydrogen-bond acceptors (Lipinski definition) is 5. The first-order valence-electron chi connectivity index (χ1n) is 9.40. The van der Waals surface area contributed by atoms with Gasteiger partial charge in [-0.2, -0.15) is 0 Å². The molecule has 0 spiro atoms. The van der Waals surface area contributed by atoms with Gasteiger partial charge < -0.3 is 13.9 Å². The largest absolute Gasteiger partial charge is 0.478 e. The van der Waals surface area contributed by atoms with E-state index in [1.807, 2.05) is 48.5 Å². The van der Waals surface area contributed by atoms with Crippen LogP contribution in [0.5, 0.6) is 5.75 Å². The molecule has 0 radical (unpaired) electrons. The molecule has 3 aromatic rings. The van der Waals surface area contributed by atoms with E-state index in [0.717, 1.165) is 48.3 Å². The van der Waals surface area contributed by atoms with Crippen molar-refractivity contribution in [3.63, 3.8) is 0 Å². The van der Waals surface area contributed by atoms with Crippen LogP contribution in [0.15, 0.2) is 57.7 Å². The van der Waals surface area contributed by atoms with Crippen molar-refractivity contribution in [3.8, 4) is 16.9 Å². The molecule has 138 valence electrons. The summed E-state index contributed by atoms with van der Waals surface area (Å²) in [5.74, 6) is 0.793. The zero-order chi connectivity index (χ0) is 18.2. The lowest BCUT2D eigenvalue weighted by molar-refractivity contribution is 0.0281. The summed E-state index contributed by atoms with van der Waals surface area (Å²) < 4.78 is 17.4. The van der Waals surface area contributed by atoms with Gasteiger partial charge in [0, 0.05) is 25.1 Å². The molecule has 1 aromatic heterocycles. The summed E-state index contributed by atoms with van der Waals surface area (Å²) in [5, 5.41) is 0.912. The Kier molecular flexibility index (Phi) is 4.19. The van der Waals surface area contributed by atoms with Gasteiger partial charge in [0.15, 0.2) is 0 Å². The molecule has 1 atom stereocenters. The molecule has 2 aliphatic heterocycles. The SMILES string of the molecule is O=c1oc2c3c(ccc2cc1-c1ccccc1)OCN(CC1CCCO1)C3. The first-order chi connectivity index (χ1) is 13.3. The Bertz CT molecular complexity index is 1020. The smallest absolute Gasteiger partial charge is 0.344 e. The van der Waals surface area contributed by atoms with E-state index in [4.69, 9.17) is 13.9 Å². The summed E-state index contributed by atoms with van der Waals surface area (Å²) in [6.45, 7) is 2.91. The van der Waals surface area contributed by atoms with E-state index < -0.39 is 0 Å². The maximum absolute atomic E-state index is 12.6. The van der Waals surface area contributed by atoms with Crippen LogP contribution in [0.2, 0.25) is 0 Å². The van der Waals surface area contributed by atoms with E-state index in [1.54, 1.807) is 0 Å². The number of fused-ring (bicyclic) bond motifs is 3. The summed E-state index contributed by atoms with van der Waals surface area (Å²) in [4.78, 5) is 14.8. The predicted octanol–water partition coefficient (Wildman–Crippen LogP) is 3.79. The standard InChI is InChI=1S/C22H21NO4/c24-22-18(15-5-2-1-3-6-15)11-16-8-9-20-19(21(16)27-22)13-23(14-26-20)12-17-7-4-10-25-17/h1-3,5-6,8-9,11,17H,4,7,10,12-14H2. The Hall–Kier alpha value is -2.63. The van der Waals surface area contributed by atoms with Crippen LogP contribution in [-0.2, 0) is 11.3 Å². The highest BCUT2D eigenvalue weighted by molar-refractivity contribution is 5.86. The van der Waals surface area contributed by atoms with E-state index in [9.17, 15) is 4.79 Å². The van der Waals surface area contributed by atoms with Crippen molar-refractivity contribution in [2.24, 2.45) is 0 Å². The molecular weight excluding hydrogens is 342 g/mol. The summed E-state index contributed by atoms with van der Waals surface area (Å²) in [6, 6.07) is 15.4. The lowest BCUT2D eigenvalue weighted by Gasteiger charge is -2.30. The molecule has 0 saturated carbocycles. The number of benzene rings is 2. The van der Waals surface area contributed by atoms with Crippen LogP contribution in [0.4, 0.5) is 0 Å². The molecule has 0 bridgehead atoms. The Balaban J connectivity index is 1.52. The summed E-state index contributed by atoms with van der Waals surface area (Å²) in [5.41, 5.74) is 2.68. The molecule has 1 fully saturated rings. The Labute approximate surface area is 157 Å². The maximum Gasteiger partial charge on any atom is 0.344 e. The molecule has 0 N–H and O–H groups in total. The average molecular weight is 363 g/mol. The average Bonchev–Trinajstić information content (AvgIpc) is 3.21. The van der Waals surface area contributed by atoms with E-state index >= 15 is 0 Å². The van der Waals surface area contributed by atoms with E-state index in [-0.39, 0.29) is 11.7 Å². The van der Waals surface area contributed by atoms with Gasteiger partial charge in [0.1, 0.15) is 18.1 Å². The molecule has 2 aliphatic rings. The minimum atomic E-state index is -0.321. The maximum atomic E-state index is 12.6. The fourth-order valence-electron chi connectivity index (χ4n) is 3.95. The van der Waals surface area contributed by atoms with Crippen molar-refractivity contribution < 1.29 is 13.9 Å². The lowest BCUT2D eigenvalue weighted by atomic mass is 10.0. The highest BCUT2D eigenvalue weighted by Gasteiger charge is 2.25. The van der Waals surface area contributed by atoms with Gasteiger partial charge in [0.05, 0.1) is 17.2 Å². The highest BCUT2D eigenvalue weighted by atomic mass is 16.5. The van der Waals surface area contributed by atoms with Crippen molar-refractivity contribution in [1.82, 2.24) is 4.90 Å². The van der Waals surface area contributed by atoms with Crippen molar-refractivity contribution in [3.05, 3.63) is 64.5 Å². The molecule has 5 rings (SSSR count). The molecule has 2 aromatic carbocycles. The second-order valence-electron chi connectivity index (χ2n) is 7.19. The molecule has 27 heavy (non-hydrogen) atoms. The molecule has 1 saturated heterocycles. The minimum absolute atomic E-state index is 0.266. The Morgan fingerprint density at radius 1 is 1.11 bits per heavy atom. The van der Waals surface area contributed by atoms with Crippen LogP contribution < -0.4 is 10.4 Å². The fraction of sp³-hybridized carbons (Fsp3) is 0.318. The predicted molar refractivity (Wildman–Crippen MR) is 103 cm³/mol. The Morgan fingerprint density at radius 3 is 2.81 bits per heavy atom. The van der Waals surface area contributed by atoms with Crippen LogP contribution in [0.3, 0.4) is 0 Å². The molecular formula is C22H21NO4. The second-order valence-corrected chi connectivity index (χ2v) is 7.19.